The Balaban J connectivity index is 1.37. The second-order valence-electron chi connectivity index (χ2n) is 13.1. The van der Waals surface area contributed by atoms with Crippen molar-refractivity contribution in [3.63, 3.8) is 0 Å². The van der Waals surface area contributed by atoms with Gasteiger partial charge in [0.05, 0.1) is 0 Å². The second kappa shape index (κ2) is 10.7. The third-order valence-electron chi connectivity index (χ3n) is 9.82. The molecule has 3 heterocycles. The Bertz CT molecular complexity index is 1130. The highest BCUT2D eigenvalue weighted by Crippen LogP contribution is 2.54. The molecule has 1 saturated heterocycles. The Kier molecular flexibility index (Phi) is 7.69. The SMILES string of the molecule is CC(C)(C)[Si](C)(C)OCCC1[C@@H]2C=N[C@@]3(C(=O)NCc4ccccc4)[C@@H](C2)CN(CCc2ccccc2)[C@@H]13. The van der Waals surface area contributed by atoms with Gasteiger partial charge in [-0.2, -0.15) is 0 Å². The number of benzene rings is 2. The van der Waals surface area contributed by atoms with E-state index in [0.29, 0.717) is 18.4 Å². The maximum atomic E-state index is 14.1. The second-order valence-corrected chi connectivity index (χ2v) is 17.9. The Hall–Kier alpha value is -2.28. The lowest BCUT2D eigenvalue weighted by Gasteiger charge is -2.51. The Morgan fingerprint density at radius 1 is 1.08 bits per heavy atom. The minimum atomic E-state index is -1.83. The van der Waals surface area contributed by atoms with E-state index in [-0.39, 0.29) is 22.9 Å². The summed E-state index contributed by atoms with van der Waals surface area (Å²) in [5, 5.41) is 3.49. The summed E-state index contributed by atoms with van der Waals surface area (Å²) >= 11 is 0. The molecule has 3 aliphatic heterocycles. The van der Waals surface area contributed by atoms with Crippen LogP contribution in [0.2, 0.25) is 18.1 Å². The van der Waals surface area contributed by atoms with E-state index in [1.807, 2.05) is 18.2 Å². The standard InChI is InChI=1S/C32H45N3O2Si/c1-31(2,3)38(4,5)37-19-17-28-26-20-27-23-35(18-16-24-12-8-6-9-13-24)29(28)32(27,34-22-26)30(36)33-21-25-14-10-7-11-15-25/h6-15,22,26-29H,16-21,23H2,1-5H3,(H,33,36)/t26-,27-,28?,29-,32-/m0/s1. The first-order chi connectivity index (χ1) is 18.1. The van der Waals surface area contributed by atoms with E-state index in [2.05, 4.69) is 92.8 Å². The fourth-order valence-electron chi connectivity index (χ4n) is 6.70. The van der Waals surface area contributed by atoms with Gasteiger partial charge in [0, 0.05) is 44.4 Å². The first-order valence-corrected chi connectivity index (χ1v) is 17.3. The molecule has 0 radical (unpaired) electrons. The summed E-state index contributed by atoms with van der Waals surface area (Å²) in [5.74, 6) is 1.18. The summed E-state index contributed by atoms with van der Waals surface area (Å²) in [6.07, 6.45) is 5.15. The topological polar surface area (TPSA) is 53.9 Å². The third kappa shape index (κ3) is 5.15. The molecule has 0 spiro atoms. The average Bonchev–Trinajstić information content (AvgIpc) is 3.16. The molecule has 38 heavy (non-hydrogen) atoms. The van der Waals surface area contributed by atoms with Crippen molar-refractivity contribution in [3.8, 4) is 0 Å². The molecule has 4 aliphatic rings. The Morgan fingerprint density at radius 2 is 1.74 bits per heavy atom. The number of nitrogens with zero attached hydrogens (tertiary/aromatic N) is 2. The van der Waals surface area contributed by atoms with Gasteiger partial charge in [-0.1, -0.05) is 81.4 Å². The van der Waals surface area contributed by atoms with Crippen LogP contribution in [-0.2, 0) is 22.2 Å². The van der Waals surface area contributed by atoms with Crippen LogP contribution in [0.25, 0.3) is 0 Å². The summed E-state index contributed by atoms with van der Waals surface area (Å²) in [5.41, 5.74) is 1.78. The third-order valence-corrected chi connectivity index (χ3v) is 14.4. The molecule has 1 aliphatic carbocycles. The van der Waals surface area contributed by atoms with Crippen molar-refractivity contribution in [2.75, 3.05) is 19.7 Å². The van der Waals surface area contributed by atoms with Crippen LogP contribution in [0, 0.1) is 17.8 Å². The van der Waals surface area contributed by atoms with Gasteiger partial charge in [-0.15, -0.1) is 0 Å². The molecule has 6 heteroatoms. The summed E-state index contributed by atoms with van der Waals surface area (Å²) in [4.78, 5) is 21.8. The lowest BCUT2D eigenvalue weighted by atomic mass is 9.60. The van der Waals surface area contributed by atoms with Gasteiger partial charge in [0.15, 0.2) is 13.9 Å². The van der Waals surface area contributed by atoms with Crippen LogP contribution < -0.4 is 5.32 Å². The summed E-state index contributed by atoms with van der Waals surface area (Å²) in [6, 6.07) is 21.0. The monoisotopic (exact) mass is 531 g/mol. The minimum Gasteiger partial charge on any atom is -0.417 e. The number of hydrogen-bond acceptors (Lipinski definition) is 4. The van der Waals surface area contributed by atoms with Crippen LogP contribution in [0.15, 0.2) is 65.7 Å². The molecular formula is C32H45N3O2Si. The van der Waals surface area contributed by atoms with E-state index in [4.69, 9.17) is 9.42 Å². The molecule has 2 fully saturated rings. The molecule has 5 nitrogen and oxygen atoms in total. The van der Waals surface area contributed by atoms with Crippen LogP contribution in [0.4, 0.5) is 0 Å². The number of hydrogen-bond donors (Lipinski definition) is 1. The number of nitrogens with one attached hydrogen (secondary N) is 1. The van der Waals surface area contributed by atoms with E-state index in [1.165, 1.54) is 5.56 Å². The molecule has 5 atom stereocenters. The average molecular weight is 532 g/mol. The number of likely N-dealkylation sites (tertiary alicyclic amines) is 1. The number of aliphatic imine (C=N–C) groups is 1. The summed E-state index contributed by atoms with van der Waals surface area (Å²) in [6.45, 7) is 14.8. The molecule has 2 aromatic carbocycles. The normalized spacial score (nSPS) is 28.6. The maximum Gasteiger partial charge on any atom is 0.250 e. The molecule has 204 valence electrons. The van der Waals surface area contributed by atoms with Gasteiger partial charge >= 0.3 is 0 Å². The van der Waals surface area contributed by atoms with E-state index >= 15 is 0 Å². The highest BCUT2D eigenvalue weighted by atomic mass is 28.4. The van der Waals surface area contributed by atoms with Crippen LogP contribution in [0.5, 0.6) is 0 Å². The van der Waals surface area contributed by atoms with Crippen molar-refractivity contribution in [2.24, 2.45) is 22.7 Å². The van der Waals surface area contributed by atoms with Gasteiger partial charge in [0.25, 0.3) is 0 Å². The molecule has 2 aromatic rings. The Morgan fingerprint density at radius 3 is 2.39 bits per heavy atom. The van der Waals surface area contributed by atoms with Crippen LogP contribution in [-0.4, -0.2) is 56.6 Å². The molecule has 1 unspecified atom stereocenters. The van der Waals surface area contributed by atoms with Crippen molar-refractivity contribution < 1.29 is 9.22 Å². The van der Waals surface area contributed by atoms with Gasteiger partial charge in [-0.25, -0.2) is 0 Å². The number of rotatable bonds is 10. The molecule has 0 aromatic heterocycles. The number of carbonyl (C=O) groups is 1. The maximum absolute atomic E-state index is 14.1. The summed E-state index contributed by atoms with van der Waals surface area (Å²) < 4.78 is 6.65. The largest absolute Gasteiger partial charge is 0.417 e. The van der Waals surface area contributed by atoms with Gasteiger partial charge < -0.3 is 9.74 Å². The summed E-state index contributed by atoms with van der Waals surface area (Å²) in [7, 11) is -1.83. The van der Waals surface area contributed by atoms with Crippen LogP contribution in [0.1, 0.15) is 44.7 Å². The zero-order valence-corrected chi connectivity index (χ0v) is 24.8. The fourth-order valence-corrected chi connectivity index (χ4v) is 7.76. The number of carbonyl (C=O) groups excluding carboxylic acids is 1. The van der Waals surface area contributed by atoms with Crippen molar-refractivity contribution in [3.05, 3.63) is 71.8 Å². The van der Waals surface area contributed by atoms with Gasteiger partial charge in [0.1, 0.15) is 0 Å². The highest BCUT2D eigenvalue weighted by molar-refractivity contribution is 6.74. The van der Waals surface area contributed by atoms with Gasteiger partial charge in [-0.05, 0) is 60.4 Å². The zero-order chi connectivity index (χ0) is 27.0. The molecule has 1 N–H and O–H groups in total. The predicted octanol–water partition coefficient (Wildman–Crippen LogP) is 5.72. The Labute approximate surface area is 230 Å². The highest BCUT2D eigenvalue weighted by Gasteiger charge is 2.67. The molecule has 4 bridgehead atoms. The van der Waals surface area contributed by atoms with Crippen LogP contribution >= 0.6 is 0 Å². The van der Waals surface area contributed by atoms with E-state index < -0.39 is 13.9 Å². The lowest BCUT2D eigenvalue weighted by molar-refractivity contribution is -0.132. The number of amides is 1. The smallest absolute Gasteiger partial charge is 0.250 e. The van der Waals surface area contributed by atoms with Crippen molar-refractivity contribution >= 4 is 20.4 Å². The van der Waals surface area contributed by atoms with Crippen LogP contribution in [0.3, 0.4) is 0 Å². The van der Waals surface area contributed by atoms with Crippen molar-refractivity contribution in [1.29, 1.82) is 0 Å². The molecule has 1 amide bonds. The molecular weight excluding hydrogens is 486 g/mol. The fraction of sp³-hybridized carbons (Fsp3) is 0.562. The predicted molar refractivity (Wildman–Crippen MR) is 158 cm³/mol. The van der Waals surface area contributed by atoms with Crippen molar-refractivity contribution in [2.45, 2.75) is 76.3 Å². The minimum absolute atomic E-state index is 0.100. The van der Waals surface area contributed by atoms with E-state index in [0.717, 1.165) is 44.5 Å². The first-order valence-electron chi connectivity index (χ1n) is 14.4. The van der Waals surface area contributed by atoms with Gasteiger partial charge in [-0.3, -0.25) is 14.7 Å². The molecule has 6 rings (SSSR count). The molecule has 1 saturated carbocycles. The zero-order valence-electron chi connectivity index (χ0n) is 23.8. The van der Waals surface area contributed by atoms with Crippen molar-refractivity contribution in [1.82, 2.24) is 10.2 Å². The quantitative estimate of drug-likeness (QED) is 0.399. The van der Waals surface area contributed by atoms with E-state index in [9.17, 15) is 4.79 Å². The van der Waals surface area contributed by atoms with E-state index in [1.54, 1.807) is 0 Å². The first kappa shape index (κ1) is 27.3. The van der Waals surface area contributed by atoms with Gasteiger partial charge in [0.2, 0.25) is 5.91 Å². The lowest BCUT2D eigenvalue weighted by Crippen LogP contribution is -2.65.